The first-order valence-electron chi connectivity index (χ1n) is 5.34. The molecule has 1 aromatic heterocycles. The molecule has 0 aliphatic rings. The van der Waals surface area contributed by atoms with E-state index in [2.05, 4.69) is 20.6 Å². The first-order valence-corrected chi connectivity index (χ1v) is 5.72. The minimum absolute atomic E-state index is 0.211. The van der Waals surface area contributed by atoms with Gasteiger partial charge in [-0.2, -0.15) is 4.98 Å². The summed E-state index contributed by atoms with van der Waals surface area (Å²) in [6.07, 6.45) is 1.65. The molecule has 0 saturated carbocycles. The molecule has 18 heavy (non-hydrogen) atoms. The molecule has 1 aromatic carbocycles. The lowest BCUT2D eigenvalue weighted by molar-refractivity contribution is 0.632. The van der Waals surface area contributed by atoms with E-state index in [4.69, 9.17) is 11.6 Å². The predicted molar refractivity (Wildman–Crippen MR) is 71.0 cm³/mol. The number of nitrogens with zero attached hydrogens (tertiary/aromatic N) is 2. The monoisotopic (exact) mass is 266 g/mol. The molecule has 94 valence electrons. The van der Waals surface area contributed by atoms with Gasteiger partial charge in [0.1, 0.15) is 11.6 Å². The molecule has 0 saturated heterocycles. The van der Waals surface area contributed by atoms with Crippen LogP contribution >= 0.6 is 11.6 Å². The SMILES string of the molecule is CNc1ncc(C)c(Nc2c(F)cccc2Cl)n1. The molecule has 0 aliphatic heterocycles. The van der Waals surface area contributed by atoms with Crippen LogP contribution in [0.15, 0.2) is 24.4 Å². The molecule has 4 nitrogen and oxygen atoms in total. The highest BCUT2D eigenvalue weighted by atomic mass is 35.5. The molecular formula is C12H12ClFN4. The zero-order valence-electron chi connectivity index (χ0n) is 9.96. The maximum absolute atomic E-state index is 13.6. The summed E-state index contributed by atoms with van der Waals surface area (Å²) in [5, 5.41) is 6.01. The maximum atomic E-state index is 13.6. The fraction of sp³-hybridized carbons (Fsp3) is 0.167. The van der Waals surface area contributed by atoms with Gasteiger partial charge in [-0.1, -0.05) is 17.7 Å². The Morgan fingerprint density at radius 2 is 2.11 bits per heavy atom. The second kappa shape index (κ2) is 5.18. The van der Waals surface area contributed by atoms with Crippen LogP contribution < -0.4 is 10.6 Å². The van der Waals surface area contributed by atoms with Gasteiger partial charge in [0.25, 0.3) is 0 Å². The van der Waals surface area contributed by atoms with Crippen molar-refractivity contribution in [3.8, 4) is 0 Å². The van der Waals surface area contributed by atoms with Crippen molar-refractivity contribution in [3.05, 3.63) is 40.8 Å². The van der Waals surface area contributed by atoms with Crippen LogP contribution in [-0.4, -0.2) is 17.0 Å². The van der Waals surface area contributed by atoms with Gasteiger partial charge in [-0.05, 0) is 19.1 Å². The number of hydrogen-bond acceptors (Lipinski definition) is 4. The minimum Gasteiger partial charge on any atom is -0.357 e. The number of hydrogen-bond donors (Lipinski definition) is 2. The summed E-state index contributed by atoms with van der Waals surface area (Å²) in [6, 6.07) is 4.50. The molecule has 2 N–H and O–H groups in total. The van der Waals surface area contributed by atoms with Crippen molar-refractivity contribution in [2.75, 3.05) is 17.7 Å². The second-order valence-corrected chi connectivity index (χ2v) is 4.10. The summed E-state index contributed by atoms with van der Waals surface area (Å²) < 4.78 is 13.6. The van der Waals surface area contributed by atoms with Gasteiger partial charge in [-0.3, -0.25) is 0 Å². The Labute approximate surface area is 109 Å². The Bertz CT molecular complexity index is 554. The number of nitrogens with one attached hydrogen (secondary N) is 2. The fourth-order valence-corrected chi connectivity index (χ4v) is 1.63. The van der Waals surface area contributed by atoms with Gasteiger partial charge in [-0.15, -0.1) is 0 Å². The lowest BCUT2D eigenvalue weighted by Gasteiger charge is -2.11. The molecule has 0 spiro atoms. The first kappa shape index (κ1) is 12.6. The quantitative estimate of drug-likeness (QED) is 0.894. The summed E-state index contributed by atoms with van der Waals surface area (Å²) >= 11 is 5.94. The number of aryl methyl sites for hydroxylation is 1. The zero-order valence-corrected chi connectivity index (χ0v) is 10.7. The van der Waals surface area contributed by atoms with Crippen LogP contribution in [-0.2, 0) is 0 Å². The Kier molecular flexibility index (Phi) is 3.62. The molecule has 0 aliphatic carbocycles. The molecule has 1 heterocycles. The summed E-state index contributed by atoms with van der Waals surface area (Å²) in [5.74, 6) is 0.545. The molecule has 2 aromatic rings. The van der Waals surface area contributed by atoms with Crippen molar-refractivity contribution < 1.29 is 4.39 Å². The third kappa shape index (κ3) is 2.51. The smallest absolute Gasteiger partial charge is 0.224 e. The van der Waals surface area contributed by atoms with Crippen molar-refractivity contribution in [2.45, 2.75) is 6.92 Å². The molecule has 6 heteroatoms. The largest absolute Gasteiger partial charge is 0.357 e. The van der Waals surface area contributed by atoms with Gasteiger partial charge in [0, 0.05) is 18.8 Å². The van der Waals surface area contributed by atoms with E-state index in [-0.39, 0.29) is 5.69 Å². The van der Waals surface area contributed by atoms with E-state index in [0.29, 0.717) is 16.8 Å². The number of anilines is 3. The topological polar surface area (TPSA) is 49.8 Å². The standard InChI is InChI=1S/C12H12ClFN4/c1-7-6-16-12(15-2)18-11(7)17-10-8(13)4-3-5-9(10)14/h3-6H,1-2H3,(H2,15,16,17,18). The van der Waals surface area contributed by atoms with Gasteiger partial charge in [0.05, 0.1) is 10.7 Å². The minimum atomic E-state index is -0.425. The Morgan fingerprint density at radius 3 is 2.78 bits per heavy atom. The van der Waals surface area contributed by atoms with E-state index in [0.717, 1.165) is 5.56 Å². The Morgan fingerprint density at radius 1 is 1.33 bits per heavy atom. The molecule has 2 rings (SSSR count). The van der Waals surface area contributed by atoms with Crippen molar-refractivity contribution in [1.29, 1.82) is 0 Å². The van der Waals surface area contributed by atoms with Gasteiger partial charge < -0.3 is 10.6 Å². The number of rotatable bonds is 3. The lowest BCUT2D eigenvalue weighted by Crippen LogP contribution is -2.03. The van der Waals surface area contributed by atoms with Crippen molar-refractivity contribution >= 4 is 29.1 Å². The van der Waals surface area contributed by atoms with E-state index in [1.54, 1.807) is 25.4 Å². The molecular weight excluding hydrogens is 255 g/mol. The summed E-state index contributed by atoms with van der Waals surface area (Å²) in [5.41, 5.74) is 1.01. The van der Waals surface area contributed by atoms with E-state index >= 15 is 0 Å². The Balaban J connectivity index is 2.39. The highest BCUT2D eigenvalue weighted by Gasteiger charge is 2.10. The second-order valence-electron chi connectivity index (χ2n) is 3.70. The van der Waals surface area contributed by atoms with Gasteiger partial charge in [0.2, 0.25) is 5.95 Å². The van der Waals surface area contributed by atoms with Gasteiger partial charge in [0.15, 0.2) is 0 Å². The summed E-state index contributed by atoms with van der Waals surface area (Å²) in [7, 11) is 1.71. The van der Waals surface area contributed by atoms with Crippen LogP contribution in [0.3, 0.4) is 0 Å². The van der Waals surface area contributed by atoms with Crippen LogP contribution in [0.1, 0.15) is 5.56 Å². The summed E-state index contributed by atoms with van der Waals surface area (Å²) in [4.78, 5) is 8.26. The van der Waals surface area contributed by atoms with Crippen LogP contribution in [0, 0.1) is 12.7 Å². The van der Waals surface area contributed by atoms with Crippen molar-refractivity contribution in [3.63, 3.8) is 0 Å². The molecule has 0 bridgehead atoms. The lowest BCUT2D eigenvalue weighted by atomic mass is 10.3. The highest BCUT2D eigenvalue weighted by molar-refractivity contribution is 6.33. The summed E-state index contributed by atoms with van der Waals surface area (Å²) in [6.45, 7) is 1.83. The number of para-hydroxylation sites is 1. The number of benzene rings is 1. The molecule has 0 unspecified atom stereocenters. The van der Waals surface area contributed by atoms with Gasteiger partial charge >= 0.3 is 0 Å². The van der Waals surface area contributed by atoms with Crippen LogP contribution in [0.5, 0.6) is 0 Å². The third-order valence-electron chi connectivity index (χ3n) is 2.40. The molecule has 0 amide bonds. The van der Waals surface area contributed by atoms with Crippen LogP contribution in [0.2, 0.25) is 5.02 Å². The zero-order chi connectivity index (χ0) is 13.1. The van der Waals surface area contributed by atoms with E-state index in [1.807, 2.05) is 6.92 Å². The van der Waals surface area contributed by atoms with E-state index in [1.165, 1.54) is 6.07 Å². The normalized spacial score (nSPS) is 10.2. The predicted octanol–water partition coefficient (Wildman–Crippen LogP) is 3.36. The van der Waals surface area contributed by atoms with Crippen LogP contribution in [0.25, 0.3) is 0 Å². The van der Waals surface area contributed by atoms with E-state index < -0.39 is 5.82 Å². The molecule has 0 fully saturated rings. The molecule has 0 radical (unpaired) electrons. The number of halogens is 2. The van der Waals surface area contributed by atoms with Crippen LogP contribution in [0.4, 0.5) is 21.8 Å². The van der Waals surface area contributed by atoms with E-state index in [9.17, 15) is 4.39 Å². The fourth-order valence-electron chi connectivity index (χ4n) is 1.42. The highest BCUT2D eigenvalue weighted by Crippen LogP contribution is 2.28. The van der Waals surface area contributed by atoms with Gasteiger partial charge in [-0.25, -0.2) is 9.37 Å². The number of aromatic nitrogens is 2. The average molecular weight is 267 g/mol. The third-order valence-corrected chi connectivity index (χ3v) is 2.72. The Hall–Kier alpha value is -1.88. The maximum Gasteiger partial charge on any atom is 0.224 e. The van der Waals surface area contributed by atoms with Crippen molar-refractivity contribution in [1.82, 2.24) is 9.97 Å². The van der Waals surface area contributed by atoms with Crippen molar-refractivity contribution in [2.24, 2.45) is 0 Å². The average Bonchev–Trinajstić information content (AvgIpc) is 2.36. The first-order chi connectivity index (χ1) is 8.61. The molecule has 0 atom stereocenters.